The number of likely N-dealkylation sites (N-methyl/N-ethyl adjacent to an activating group) is 1. The lowest BCUT2D eigenvalue weighted by Crippen LogP contribution is -2.53. The van der Waals surface area contributed by atoms with Crippen molar-refractivity contribution in [2.75, 3.05) is 83.9 Å². The van der Waals surface area contributed by atoms with Crippen LogP contribution in [0, 0.1) is 19.7 Å². The maximum absolute atomic E-state index is 15.7. The van der Waals surface area contributed by atoms with Crippen molar-refractivity contribution in [1.29, 1.82) is 0 Å². The van der Waals surface area contributed by atoms with Gasteiger partial charge in [0.25, 0.3) is 11.8 Å². The maximum atomic E-state index is 15.7. The van der Waals surface area contributed by atoms with Gasteiger partial charge in [-0.25, -0.2) is 13.9 Å². The van der Waals surface area contributed by atoms with E-state index >= 15 is 4.39 Å². The molecule has 0 bridgehead atoms. The molecule has 3 aromatic rings. The van der Waals surface area contributed by atoms with Crippen LogP contribution >= 0.6 is 0 Å². The Bertz CT molecular complexity index is 2010. The highest BCUT2D eigenvalue weighted by Crippen LogP contribution is 2.36. The third-order valence-electron chi connectivity index (χ3n) is 10.2. The Kier molecular flexibility index (Phi) is 9.96. The quantitative estimate of drug-likeness (QED) is 0.348. The van der Waals surface area contributed by atoms with E-state index in [4.69, 9.17) is 9.15 Å². The molecule has 1 N–H and O–H groups in total. The van der Waals surface area contributed by atoms with Crippen LogP contribution in [0.2, 0.25) is 0 Å². The molecule has 6 rings (SSSR count). The van der Waals surface area contributed by atoms with Crippen LogP contribution in [0.1, 0.15) is 55.8 Å². The fourth-order valence-electron chi connectivity index (χ4n) is 7.40. The number of hydrogen-bond acceptors (Lipinski definition) is 10. The summed E-state index contributed by atoms with van der Waals surface area (Å²) in [6.07, 6.45) is 1.75. The van der Waals surface area contributed by atoms with Gasteiger partial charge in [-0.3, -0.25) is 14.5 Å². The summed E-state index contributed by atoms with van der Waals surface area (Å²) in [5.41, 5.74) is 3.67. The topological polar surface area (TPSA) is 136 Å². The molecule has 4 heterocycles. The Hall–Kier alpha value is -4.05. The van der Waals surface area contributed by atoms with Crippen LogP contribution in [0.4, 0.5) is 15.8 Å². The highest BCUT2D eigenvalue weighted by molar-refractivity contribution is 7.87. The third kappa shape index (κ3) is 6.59. The van der Waals surface area contributed by atoms with Crippen LogP contribution in [0.3, 0.4) is 0 Å². The molecule has 2 amide bonds. The van der Waals surface area contributed by atoms with E-state index in [-0.39, 0.29) is 35.9 Å². The number of carbonyl (C=O) groups excluding carboxylic acids is 2. The van der Waals surface area contributed by atoms with Crippen molar-refractivity contribution in [3.8, 4) is 0 Å². The first-order valence-electron chi connectivity index (χ1n) is 16.9. The van der Waals surface area contributed by atoms with Gasteiger partial charge in [-0.1, -0.05) is 0 Å². The molecule has 270 valence electrons. The zero-order valence-corrected chi connectivity index (χ0v) is 30.3. The predicted octanol–water partition coefficient (Wildman–Crippen LogP) is 2.65. The Balaban J connectivity index is 1.28. The van der Waals surface area contributed by atoms with E-state index in [0.29, 0.717) is 50.1 Å². The van der Waals surface area contributed by atoms with E-state index in [0.717, 1.165) is 53.5 Å². The molecule has 0 aliphatic carbocycles. The predicted molar refractivity (Wildman–Crippen MR) is 189 cm³/mol. The number of nitrogens with one attached hydrogen (secondary N) is 1. The maximum Gasteiger partial charge on any atom is 0.341 e. The summed E-state index contributed by atoms with van der Waals surface area (Å²) in [5.74, 6) is -2.63. The molecule has 2 saturated heterocycles. The van der Waals surface area contributed by atoms with Crippen LogP contribution in [0.25, 0.3) is 11.0 Å². The Morgan fingerprint density at radius 1 is 1.04 bits per heavy atom. The van der Waals surface area contributed by atoms with Crippen LogP contribution in [-0.4, -0.2) is 115 Å². The number of fused-ring (bicyclic) bond motifs is 3. The van der Waals surface area contributed by atoms with Crippen molar-refractivity contribution in [3.05, 3.63) is 67.8 Å². The summed E-state index contributed by atoms with van der Waals surface area (Å²) < 4.78 is 55.8. The highest BCUT2D eigenvalue weighted by Gasteiger charge is 2.33. The number of aryl methyl sites for hydroxylation is 2. The number of nitrogens with zero attached hydrogens (tertiary/aromatic N) is 5. The molecular formula is C35H45FN6O7S. The van der Waals surface area contributed by atoms with Crippen molar-refractivity contribution >= 4 is 44.4 Å². The first kappa shape index (κ1) is 35.8. The molecule has 3 aliphatic heterocycles. The molecule has 1 aromatic heterocycles. The fraction of sp³-hybridized carbons (Fsp3) is 0.514. The molecule has 0 radical (unpaired) electrons. The van der Waals surface area contributed by atoms with Gasteiger partial charge in [-0.15, -0.1) is 0 Å². The van der Waals surface area contributed by atoms with Crippen molar-refractivity contribution in [3.63, 3.8) is 0 Å². The highest BCUT2D eigenvalue weighted by atomic mass is 32.2. The van der Waals surface area contributed by atoms with Crippen LogP contribution < -0.4 is 20.1 Å². The number of hydrogen-bond donors (Lipinski definition) is 1. The summed E-state index contributed by atoms with van der Waals surface area (Å²) in [6.45, 7) is 7.79. The van der Waals surface area contributed by atoms with E-state index in [1.54, 1.807) is 21.2 Å². The van der Waals surface area contributed by atoms with Crippen molar-refractivity contribution < 1.29 is 31.6 Å². The van der Waals surface area contributed by atoms with E-state index < -0.39 is 33.5 Å². The van der Waals surface area contributed by atoms with Gasteiger partial charge in [0.05, 0.1) is 41.6 Å². The molecule has 0 spiro atoms. The number of rotatable bonds is 8. The average Bonchev–Trinajstić information content (AvgIpc) is 3.63. The molecule has 50 heavy (non-hydrogen) atoms. The van der Waals surface area contributed by atoms with Gasteiger partial charge in [0, 0.05) is 77.1 Å². The van der Waals surface area contributed by atoms with Crippen LogP contribution in [0.15, 0.2) is 27.4 Å². The standard InChI is InChI=1S/C35H45FN6O7S/c1-21-15-29(40-14-13-39(5)23(18-40)20-48-6)22(2)32-31(21)24-9-12-41(19-27(24)35(45)49-32)34(44)25-17-30(38(3)4)26(16-28(25)36)33(43)37-50(46,47)42-10-7-8-11-42/h15-17,23H,7-14,18-20H2,1-6H3,(H,37,43)/t23-/m1/s1. The zero-order valence-electron chi connectivity index (χ0n) is 29.5. The van der Waals surface area contributed by atoms with E-state index in [1.165, 1.54) is 20.2 Å². The summed E-state index contributed by atoms with van der Waals surface area (Å²) in [5, 5.41) is 0.857. The lowest BCUT2D eigenvalue weighted by atomic mass is 9.92. The number of piperazine rings is 1. The van der Waals surface area contributed by atoms with E-state index in [2.05, 4.69) is 22.9 Å². The number of halogens is 1. The van der Waals surface area contributed by atoms with E-state index in [9.17, 15) is 22.8 Å². The summed E-state index contributed by atoms with van der Waals surface area (Å²) in [4.78, 5) is 48.0. The van der Waals surface area contributed by atoms with Crippen molar-refractivity contribution in [2.24, 2.45) is 0 Å². The number of methoxy groups -OCH3 is 1. The average molecular weight is 713 g/mol. The summed E-state index contributed by atoms with van der Waals surface area (Å²) in [7, 11) is 2.90. The second-order valence-corrected chi connectivity index (χ2v) is 15.4. The van der Waals surface area contributed by atoms with Crippen LogP contribution in [0.5, 0.6) is 0 Å². The minimum Gasteiger partial charge on any atom is -0.422 e. The summed E-state index contributed by atoms with van der Waals surface area (Å²) >= 11 is 0. The van der Waals surface area contributed by atoms with Gasteiger partial charge < -0.3 is 23.9 Å². The Morgan fingerprint density at radius 3 is 2.44 bits per heavy atom. The first-order valence-corrected chi connectivity index (χ1v) is 18.3. The number of amides is 2. The van der Waals surface area contributed by atoms with Gasteiger partial charge >= 0.3 is 15.8 Å². The normalized spacial score (nSPS) is 18.8. The minimum atomic E-state index is -4.10. The van der Waals surface area contributed by atoms with Crippen molar-refractivity contribution in [2.45, 2.75) is 45.7 Å². The molecule has 0 unspecified atom stereocenters. The zero-order chi connectivity index (χ0) is 36.1. The molecule has 15 heteroatoms. The Morgan fingerprint density at radius 2 is 1.76 bits per heavy atom. The Labute approximate surface area is 291 Å². The first-order chi connectivity index (χ1) is 23.7. The second kappa shape index (κ2) is 13.9. The lowest BCUT2D eigenvalue weighted by molar-refractivity contribution is 0.0727. The molecule has 2 fully saturated rings. The fourth-order valence-corrected chi connectivity index (χ4v) is 8.62. The third-order valence-corrected chi connectivity index (χ3v) is 11.7. The molecule has 1 atom stereocenters. The smallest absolute Gasteiger partial charge is 0.341 e. The number of carbonyl (C=O) groups is 2. The van der Waals surface area contributed by atoms with Gasteiger partial charge in [0.1, 0.15) is 11.4 Å². The SMILES string of the molecule is COC[C@H]1CN(c2cc(C)c3c4c(c(=O)oc3c2C)CN(C(=O)c2cc(N(C)C)c(C(=O)NS(=O)(=O)N3CCCC3)cc2F)CC4)CCN1C. The molecule has 2 aromatic carbocycles. The lowest BCUT2D eigenvalue weighted by Gasteiger charge is -2.41. The van der Waals surface area contributed by atoms with Gasteiger partial charge in [0.15, 0.2) is 0 Å². The largest absolute Gasteiger partial charge is 0.422 e. The number of benzene rings is 2. The summed E-state index contributed by atoms with van der Waals surface area (Å²) in [6, 6.07) is 4.50. The van der Waals surface area contributed by atoms with Gasteiger partial charge in [-0.2, -0.15) is 12.7 Å². The van der Waals surface area contributed by atoms with Gasteiger partial charge in [0.2, 0.25) is 0 Å². The molecule has 3 aliphatic rings. The van der Waals surface area contributed by atoms with E-state index in [1.807, 2.05) is 18.6 Å². The number of anilines is 2. The minimum absolute atomic E-state index is 0.0725. The monoisotopic (exact) mass is 712 g/mol. The van der Waals surface area contributed by atoms with Crippen molar-refractivity contribution in [1.82, 2.24) is 18.8 Å². The van der Waals surface area contributed by atoms with Crippen LogP contribution in [-0.2, 0) is 27.9 Å². The second-order valence-electron chi connectivity index (χ2n) is 13.7. The molecular weight excluding hydrogens is 667 g/mol. The number of ether oxygens (including phenoxy) is 1. The molecule has 0 saturated carbocycles. The molecule has 13 nitrogen and oxygen atoms in total. The van der Waals surface area contributed by atoms with Gasteiger partial charge in [-0.05, 0) is 69.5 Å².